The average molecular weight is 386 g/mol. The van der Waals surface area contributed by atoms with Crippen molar-refractivity contribution in [1.29, 1.82) is 0 Å². The van der Waals surface area contributed by atoms with E-state index in [0.717, 1.165) is 12.1 Å². The minimum Gasteiger partial charge on any atom is -0.342 e. The van der Waals surface area contributed by atoms with E-state index in [2.05, 4.69) is 0 Å². The van der Waals surface area contributed by atoms with Crippen molar-refractivity contribution in [3.8, 4) is 0 Å². The highest BCUT2D eigenvalue weighted by Crippen LogP contribution is 2.35. The Morgan fingerprint density at radius 3 is 2.56 bits per heavy atom. The maximum Gasteiger partial charge on any atom is 0.250 e. The van der Waals surface area contributed by atoms with Gasteiger partial charge in [-0.3, -0.25) is 9.59 Å². The monoisotopic (exact) mass is 386 g/mol. The summed E-state index contributed by atoms with van der Waals surface area (Å²) in [6, 6.07) is 13.5. The highest BCUT2D eigenvalue weighted by molar-refractivity contribution is 7.91. The van der Waals surface area contributed by atoms with Crippen LogP contribution in [0.1, 0.15) is 24.5 Å². The Labute approximate surface area is 158 Å². The molecule has 2 bridgehead atoms. The number of hydrogen-bond donors (Lipinski definition) is 0. The fourth-order valence-corrected chi connectivity index (χ4v) is 5.48. The van der Waals surface area contributed by atoms with Crippen molar-refractivity contribution >= 4 is 15.7 Å². The molecule has 3 heterocycles. The molecule has 27 heavy (non-hydrogen) atoms. The molecule has 1 amide bonds. The zero-order chi connectivity index (χ0) is 19.0. The Hall–Kier alpha value is -2.41. The molecular formula is C20H22N2O4S. The zero-order valence-electron chi connectivity index (χ0n) is 15.0. The van der Waals surface area contributed by atoms with Gasteiger partial charge in [-0.05, 0) is 30.5 Å². The van der Waals surface area contributed by atoms with Gasteiger partial charge >= 0.3 is 0 Å². The number of hydrogen-bond acceptors (Lipinski definition) is 4. The number of rotatable bonds is 4. The van der Waals surface area contributed by atoms with E-state index in [0.29, 0.717) is 19.6 Å². The first kappa shape index (κ1) is 18.0. The first-order valence-corrected chi connectivity index (χ1v) is 10.8. The molecule has 0 saturated carbocycles. The second-order valence-corrected chi connectivity index (χ2v) is 9.49. The fraction of sp³-hybridized carbons (Fsp3) is 0.400. The van der Waals surface area contributed by atoms with Crippen LogP contribution in [0.5, 0.6) is 0 Å². The lowest BCUT2D eigenvalue weighted by Gasteiger charge is -2.42. The van der Waals surface area contributed by atoms with E-state index >= 15 is 0 Å². The van der Waals surface area contributed by atoms with Gasteiger partial charge in [0.15, 0.2) is 9.84 Å². The second-order valence-electron chi connectivity index (χ2n) is 7.38. The van der Waals surface area contributed by atoms with E-state index in [1.54, 1.807) is 47.4 Å². The SMILES string of the molecule is O=C(CCS(=O)(=O)c1ccccc1)N1CC2CC(C1)c1cccc(=O)n1C2. The van der Waals surface area contributed by atoms with E-state index in [1.165, 1.54) is 0 Å². The third-order valence-electron chi connectivity index (χ3n) is 5.52. The Morgan fingerprint density at radius 1 is 1.00 bits per heavy atom. The van der Waals surface area contributed by atoms with Crippen LogP contribution < -0.4 is 5.56 Å². The molecule has 0 aliphatic carbocycles. The quantitative estimate of drug-likeness (QED) is 0.801. The van der Waals surface area contributed by atoms with Gasteiger partial charge in [0.25, 0.3) is 5.56 Å². The molecule has 2 aliphatic rings. The molecule has 2 aromatic rings. The molecule has 2 atom stereocenters. The Balaban J connectivity index is 1.45. The number of carbonyl (C=O) groups excluding carboxylic acids is 1. The lowest BCUT2D eigenvalue weighted by molar-refractivity contribution is -0.133. The van der Waals surface area contributed by atoms with E-state index in [4.69, 9.17) is 0 Å². The summed E-state index contributed by atoms with van der Waals surface area (Å²) in [6.07, 6.45) is 0.952. The van der Waals surface area contributed by atoms with Gasteiger partial charge in [0, 0.05) is 43.7 Å². The van der Waals surface area contributed by atoms with Crippen molar-refractivity contribution in [2.24, 2.45) is 5.92 Å². The van der Waals surface area contributed by atoms with Gasteiger partial charge in [-0.25, -0.2) is 8.42 Å². The van der Waals surface area contributed by atoms with Crippen molar-refractivity contribution in [1.82, 2.24) is 9.47 Å². The molecule has 1 aromatic heterocycles. The van der Waals surface area contributed by atoms with Crippen LogP contribution in [0.2, 0.25) is 0 Å². The lowest BCUT2D eigenvalue weighted by atomic mass is 9.83. The van der Waals surface area contributed by atoms with Crippen LogP contribution in [0.3, 0.4) is 0 Å². The highest BCUT2D eigenvalue weighted by Gasteiger charge is 2.36. The number of pyridine rings is 1. The van der Waals surface area contributed by atoms with Crippen molar-refractivity contribution in [2.45, 2.75) is 30.2 Å². The fourth-order valence-electron chi connectivity index (χ4n) is 4.23. The number of carbonyl (C=O) groups is 1. The van der Waals surface area contributed by atoms with Gasteiger partial charge in [0.1, 0.15) is 0 Å². The van der Waals surface area contributed by atoms with Gasteiger partial charge in [0.05, 0.1) is 10.6 Å². The number of nitrogens with zero attached hydrogens (tertiary/aromatic N) is 2. The molecule has 0 spiro atoms. The molecule has 6 nitrogen and oxygen atoms in total. The van der Waals surface area contributed by atoms with E-state index in [-0.39, 0.29) is 40.4 Å². The summed E-state index contributed by atoms with van der Waals surface area (Å²) in [7, 11) is -3.46. The van der Waals surface area contributed by atoms with Gasteiger partial charge in [-0.15, -0.1) is 0 Å². The summed E-state index contributed by atoms with van der Waals surface area (Å²) in [5.74, 6) is 0.0700. The largest absolute Gasteiger partial charge is 0.342 e. The maximum atomic E-state index is 12.7. The molecule has 1 aromatic carbocycles. The first-order valence-electron chi connectivity index (χ1n) is 9.19. The first-order chi connectivity index (χ1) is 12.9. The van der Waals surface area contributed by atoms with Crippen LogP contribution >= 0.6 is 0 Å². The smallest absolute Gasteiger partial charge is 0.250 e. The van der Waals surface area contributed by atoms with E-state index in [9.17, 15) is 18.0 Å². The van der Waals surface area contributed by atoms with Crippen LogP contribution in [-0.4, -0.2) is 42.6 Å². The number of aromatic nitrogens is 1. The van der Waals surface area contributed by atoms with Crippen LogP contribution in [0.25, 0.3) is 0 Å². The standard InChI is InChI=1S/C20H22N2O4S/c23-19(9-10-27(25,26)17-5-2-1-3-6-17)21-12-15-11-16(14-21)18-7-4-8-20(24)22(18)13-15/h1-8,15-16H,9-14H2. The van der Waals surface area contributed by atoms with E-state index < -0.39 is 9.84 Å². The summed E-state index contributed by atoms with van der Waals surface area (Å²) in [5.41, 5.74) is 0.990. The van der Waals surface area contributed by atoms with Crippen LogP contribution in [0.4, 0.5) is 0 Å². The number of piperidine rings is 1. The molecule has 2 unspecified atom stereocenters. The summed E-state index contributed by atoms with van der Waals surface area (Å²) in [6.45, 7) is 1.75. The number of likely N-dealkylation sites (tertiary alicyclic amines) is 1. The summed E-state index contributed by atoms with van der Waals surface area (Å²) in [4.78, 5) is 26.8. The minimum absolute atomic E-state index is 0.0101. The Kier molecular flexibility index (Phi) is 4.63. The molecule has 4 rings (SSSR count). The lowest BCUT2D eigenvalue weighted by Crippen LogP contribution is -2.49. The predicted octanol–water partition coefficient (Wildman–Crippen LogP) is 1.66. The second kappa shape index (κ2) is 6.96. The van der Waals surface area contributed by atoms with Crippen molar-refractivity contribution in [3.05, 3.63) is 64.6 Å². The summed E-state index contributed by atoms with van der Waals surface area (Å²) >= 11 is 0. The Bertz CT molecular complexity index is 1010. The Morgan fingerprint density at radius 2 is 1.78 bits per heavy atom. The maximum absolute atomic E-state index is 12.7. The highest BCUT2D eigenvalue weighted by atomic mass is 32.2. The molecule has 142 valence electrons. The average Bonchev–Trinajstić information content (AvgIpc) is 2.67. The van der Waals surface area contributed by atoms with Gasteiger partial charge in [0.2, 0.25) is 5.91 Å². The van der Waals surface area contributed by atoms with Gasteiger partial charge < -0.3 is 9.47 Å². The van der Waals surface area contributed by atoms with Crippen LogP contribution in [-0.2, 0) is 21.2 Å². The molecule has 7 heteroatoms. The topological polar surface area (TPSA) is 76.5 Å². The molecule has 0 radical (unpaired) electrons. The van der Waals surface area contributed by atoms with Gasteiger partial charge in [-0.2, -0.15) is 0 Å². The van der Waals surface area contributed by atoms with Gasteiger partial charge in [-0.1, -0.05) is 24.3 Å². The van der Waals surface area contributed by atoms with Crippen LogP contribution in [0, 0.1) is 5.92 Å². The number of fused-ring (bicyclic) bond motifs is 4. The third-order valence-corrected chi connectivity index (χ3v) is 7.25. The molecule has 2 aliphatic heterocycles. The van der Waals surface area contributed by atoms with Crippen molar-refractivity contribution < 1.29 is 13.2 Å². The zero-order valence-corrected chi connectivity index (χ0v) is 15.8. The molecule has 1 fully saturated rings. The number of sulfone groups is 1. The minimum atomic E-state index is -3.46. The number of amides is 1. The normalized spacial score (nSPS) is 21.6. The van der Waals surface area contributed by atoms with Crippen LogP contribution in [0.15, 0.2) is 58.2 Å². The van der Waals surface area contributed by atoms with Crippen molar-refractivity contribution in [2.75, 3.05) is 18.8 Å². The predicted molar refractivity (Wildman–Crippen MR) is 101 cm³/mol. The molecular weight excluding hydrogens is 364 g/mol. The molecule has 1 saturated heterocycles. The number of benzene rings is 1. The third kappa shape index (κ3) is 3.56. The summed E-state index contributed by atoms with van der Waals surface area (Å²) in [5, 5.41) is 0. The van der Waals surface area contributed by atoms with E-state index in [1.807, 2.05) is 10.6 Å². The molecule has 0 N–H and O–H groups in total. The van der Waals surface area contributed by atoms with Crippen molar-refractivity contribution in [3.63, 3.8) is 0 Å². The summed E-state index contributed by atoms with van der Waals surface area (Å²) < 4.78 is 26.6.